The molecular formula is C21H28N2O3. The lowest BCUT2D eigenvalue weighted by atomic mass is 9.65. The number of rotatable bonds is 3. The second kappa shape index (κ2) is 6.64. The Labute approximate surface area is 154 Å². The molecule has 1 saturated heterocycles. The molecule has 0 spiro atoms. The smallest absolute Gasteiger partial charge is 0.0877 e. The second-order valence-corrected chi connectivity index (χ2v) is 8.24. The summed E-state index contributed by atoms with van der Waals surface area (Å²) in [6.45, 7) is 2.77. The Balaban J connectivity index is 1.47. The highest BCUT2D eigenvalue weighted by Crippen LogP contribution is 2.49. The summed E-state index contributed by atoms with van der Waals surface area (Å²) < 4.78 is 0. The first-order valence-electron chi connectivity index (χ1n) is 9.93. The minimum absolute atomic E-state index is 0.172. The fourth-order valence-corrected chi connectivity index (χ4v) is 5.84. The maximum atomic E-state index is 10.6. The molecule has 3 heterocycles. The number of aliphatic hydroxyl groups is 1. The highest BCUT2D eigenvalue weighted by atomic mass is 17.2. The van der Waals surface area contributed by atoms with Crippen molar-refractivity contribution in [1.29, 1.82) is 0 Å². The summed E-state index contributed by atoms with van der Waals surface area (Å²) in [6.07, 6.45) is 3.96. The molecule has 5 rings (SSSR count). The maximum Gasteiger partial charge on any atom is 0.0877 e. The molecule has 0 amide bonds. The minimum Gasteiger partial charge on any atom is -0.393 e. The summed E-state index contributed by atoms with van der Waals surface area (Å²) in [5.74, 6) is 1.32. The van der Waals surface area contributed by atoms with Gasteiger partial charge >= 0.3 is 0 Å². The van der Waals surface area contributed by atoms with Gasteiger partial charge in [-0.25, -0.2) is 9.78 Å². The SMILES string of the molecule is COOC[C@H]1[C@@H](O)CCC2CN3CCc4c([nH]c5ccccc45)C3C[C@@H]21. The molecule has 2 aliphatic heterocycles. The average molecular weight is 356 g/mol. The molecule has 1 saturated carbocycles. The van der Waals surface area contributed by atoms with Gasteiger partial charge in [-0.2, -0.15) is 0 Å². The third-order valence-corrected chi connectivity index (χ3v) is 7.10. The molecule has 5 heteroatoms. The van der Waals surface area contributed by atoms with Crippen LogP contribution in [0.25, 0.3) is 10.9 Å². The van der Waals surface area contributed by atoms with E-state index in [1.165, 1.54) is 22.2 Å². The summed E-state index contributed by atoms with van der Waals surface area (Å²) in [7, 11) is 1.55. The molecule has 1 aromatic heterocycles. The summed E-state index contributed by atoms with van der Waals surface area (Å²) in [4.78, 5) is 16.5. The Hall–Kier alpha value is -1.40. The van der Waals surface area contributed by atoms with Crippen LogP contribution in [0.3, 0.4) is 0 Å². The quantitative estimate of drug-likeness (QED) is 0.656. The molecule has 26 heavy (non-hydrogen) atoms. The van der Waals surface area contributed by atoms with Crippen LogP contribution in [0, 0.1) is 17.8 Å². The molecule has 3 aliphatic rings. The van der Waals surface area contributed by atoms with Crippen molar-refractivity contribution in [3.8, 4) is 0 Å². The van der Waals surface area contributed by atoms with Crippen LogP contribution in [-0.2, 0) is 16.2 Å². The molecule has 1 aromatic carbocycles. The van der Waals surface area contributed by atoms with Gasteiger partial charge in [0, 0.05) is 35.6 Å². The number of aromatic nitrogens is 1. The van der Waals surface area contributed by atoms with Crippen molar-refractivity contribution in [3.05, 3.63) is 35.5 Å². The second-order valence-electron chi connectivity index (χ2n) is 8.24. The first kappa shape index (κ1) is 16.8. The Morgan fingerprint density at radius 2 is 2.15 bits per heavy atom. The largest absolute Gasteiger partial charge is 0.393 e. The van der Waals surface area contributed by atoms with Crippen LogP contribution in [0.2, 0.25) is 0 Å². The number of benzene rings is 1. The number of hydrogen-bond donors (Lipinski definition) is 2. The number of fused-ring (bicyclic) bond motifs is 6. The van der Waals surface area contributed by atoms with Crippen LogP contribution in [0.1, 0.15) is 36.6 Å². The van der Waals surface area contributed by atoms with Gasteiger partial charge in [-0.05, 0) is 49.1 Å². The van der Waals surface area contributed by atoms with Crippen molar-refractivity contribution in [2.24, 2.45) is 17.8 Å². The molecule has 5 atom stereocenters. The molecule has 2 N–H and O–H groups in total. The van der Waals surface area contributed by atoms with Gasteiger partial charge in [-0.1, -0.05) is 18.2 Å². The Morgan fingerprint density at radius 3 is 3.04 bits per heavy atom. The van der Waals surface area contributed by atoms with E-state index in [4.69, 9.17) is 9.78 Å². The number of aliphatic hydroxyl groups excluding tert-OH is 1. The molecule has 2 fully saturated rings. The van der Waals surface area contributed by atoms with Crippen LogP contribution in [0.15, 0.2) is 24.3 Å². The summed E-state index contributed by atoms with van der Waals surface area (Å²) >= 11 is 0. The van der Waals surface area contributed by atoms with Crippen LogP contribution in [-0.4, -0.2) is 47.9 Å². The van der Waals surface area contributed by atoms with Crippen molar-refractivity contribution in [2.75, 3.05) is 26.8 Å². The normalized spacial score (nSPS) is 34.3. The van der Waals surface area contributed by atoms with Crippen LogP contribution in [0.5, 0.6) is 0 Å². The average Bonchev–Trinajstić information content (AvgIpc) is 3.05. The van der Waals surface area contributed by atoms with E-state index in [1.54, 1.807) is 7.11 Å². The van der Waals surface area contributed by atoms with Crippen molar-refractivity contribution >= 4 is 10.9 Å². The third-order valence-electron chi connectivity index (χ3n) is 7.10. The van der Waals surface area contributed by atoms with Crippen LogP contribution in [0.4, 0.5) is 0 Å². The van der Waals surface area contributed by atoms with E-state index < -0.39 is 0 Å². The minimum atomic E-state index is -0.274. The molecular weight excluding hydrogens is 328 g/mol. The maximum absolute atomic E-state index is 10.6. The van der Waals surface area contributed by atoms with E-state index >= 15 is 0 Å². The fourth-order valence-electron chi connectivity index (χ4n) is 5.84. The van der Waals surface area contributed by atoms with Crippen molar-refractivity contribution in [3.63, 3.8) is 0 Å². The molecule has 5 nitrogen and oxygen atoms in total. The number of nitrogens with one attached hydrogen (secondary N) is 1. The Bertz CT molecular complexity index is 789. The highest BCUT2D eigenvalue weighted by Gasteiger charge is 2.46. The van der Waals surface area contributed by atoms with Crippen LogP contribution >= 0.6 is 0 Å². The number of nitrogens with zero attached hydrogens (tertiary/aromatic N) is 1. The van der Waals surface area contributed by atoms with Gasteiger partial charge in [0.05, 0.1) is 25.9 Å². The zero-order chi connectivity index (χ0) is 17.7. The molecule has 0 radical (unpaired) electrons. The van der Waals surface area contributed by atoms with Crippen molar-refractivity contribution in [1.82, 2.24) is 9.88 Å². The topological polar surface area (TPSA) is 57.7 Å². The van der Waals surface area contributed by atoms with Crippen molar-refractivity contribution in [2.45, 2.75) is 37.8 Å². The zero-order valence-corrected chi connectivity index (χ0v) is 15.4. The predicted octanol–water partition coefficient (Wildman–Crippen LogP) is 3.05. The predicted molar refractivity (Wildman–Crippen MR) is 99.6 cm³/mol. The van der Waals surface area contributed by atoms with Gasteiger partial charge in [0.25, 0.3) is 0 Å². The van der Waals surface area contributed by atoms with Gasteiger partial charge in [-0.15, -0.1) is 0 Å². The monoisotopic (exact) mass is 356 g/mol. The number of hydrogen-bond acceptors (Lipinski definition) is 4. The molecule has 0 bridgehead atoms. The highest BCUT2D eigenvalue weighted by molar-refractivity contribution is 5.85. The van der Waals surface area contributed by atoms with E-state index in [2.05, 4.69) is 34.1 Å². The van der Waals surface area contributed by atoms with Gasteiger partial charge in [0.2, 0.25) is 0 Å². The molecule has 140 valence electrons. The van der Waals surface area contributed by atoms with Gasteiger partial charge in [-0.3, -0.25) is 4.90 Å². The summed E-state index contributed by atoms with van der Waals surface area (Å²) in [5, 5.41) is 12.0. The van der Waals surface area contributed by atoms with Gasteiger partial charge in [0.15, 0.2) is 0 Å². The lowest BCUT2D eigenvalue weighted by Gasteiger charge is -2.51. The molecule has 1 aliphatic carbocycles. The molecule has 2 unspecified atom stereocenters. The lowest BCUT2D eigenvalue weighted by Crippen LogP contribution is -2.52. The Morgan fingerprint density at radius 1 is 1.27 bits per heavy atom. The number of piperidine rings is 1. The van der Waals surface area contributed by atoms with Crippen LogP contribution < -0.4 is 0 Å². The number of para-hydroxylation sites is 1. The fraction of sp³-hybridized carbons (Fsp3) is 0.619. The summed E-state index contributed by atoms with van der Waals surface area (Å²) in [6, 6.07) is 9.10. The number of H-pyrrole nitrogens is 1. The van der Waals surface area contributed by atoms with Gasteiger partial charge < -0.3 is 10.1 Å². The Kier molecular flexibility index (Phi) is 4.28. The molecule has 2 aromatic rings. The standard InChI is InChI=1S/C21H28N2O3/c1-25-26-12-17-16-10-19-21-15(14-4-2-3-5-18(14)22-21)8-9-23(19)11-13(16)6-7-20(17)24/h2-5,13,16-17,19-20,22,24H,6-12H2,1H3/t13?,16-,17+,19?,20-/m0/s1. The van der Waals surface area contributed by atoms with E-state index in [9.17, 15) is 5.11 Å². The van der Waals surface area contributed by atoms with E-state index in [0.29, 0.717) is 24.5 Å². The zero-order valence-electron chi connectivity index (χ0n) is 15.4. The van der Waals surface area contributed by atoms with E-state index in [-0.39, 0.29) is 12.0 Å². The first-order chi connectivity index (χ1) is 12.8. The third kappa shape index (κ3) is 2.61. The van der Waals surface area contributed by atoms with E-state index in [0.717, 1.165) is 38.8 Å². The van der Waals surface area contributed by atoms with E-state index in [1.807, 2.05) is 0 Å². The van der Waals surface area contributed by atoms with Crippen molar-refractivity contribution < 1.29 is 14.9 Å². The van der Waals surface area contributed by atoms with Gasteiger partial charge in [0.1, 0.15) is 0 Å². The lowest BCUT2D eigenvalue weighted by molar-refractivity contribution is -0.291. The number of aromatic amines is 1. The first-order valence-corrected chi connectivity index (χ1v) is 9.93. The summed E-state index contributed by atoms with van der Waals surface area (Å²) in [5.41, 5.74) is 4.16.